The van der Waals surface area contributed by atoms with Crippen LogP contribution in [0.25, 0.3) is 0 Å². The van der Waals surface area contributed by atoms with Crippen LogP contribution in [0.15, 0.2) is 12.1 Å². The maximum Gasteiger partial charge on any atom is 0.306 e. The first-order chi connectivity index (χ1) is 15.9. The Kier molecular flexibility index (Phi) is 9.98. The Bertz CT molecular complexity index is 840. The molecule has 1 fully saturated rings. The van der Waals surface area contributed by atoms with Gasteiger partial charge in [0.05, 0.1) is 37.9 Å². The summed E-state index contributed by atoms with van der Waals surface area (Å²) >= 11 is 0. The molecule has 1 aromatic rings. The van der Waals surface area contributed by atoms with Crippen molar-refractivity contribution in [3.05, 3.63) is 23.3 Å². The lowest BCUT2D eigenvalue weighted by Crippen LogP contribution is -2.45. The zero-order valence-corrected chi connectivity index (χ0v) is 22.8. The fraction of sp³-hybridized carbons (Fsp3) is 0.692. The van der Waals surface area contributed by atoms with Crippen molar-refractivity contribution in [2.45, 2.75) is 103 Å². The Morgan fingerprint density at radius 3 is 2.09 bits per heavy atom. The van der Waals surface area contributed by atoms with E-state index in [4.69, 9.17) is 18.6 Å². The quantitative estimate of drug-likeness (QED) is 0.346. The van der Waals surface area contributed by atoms with E-state index in [0.717, 1.165) is 25.7 Å². The van der Waals surface area contributed by atoms with Crippen molar-refractivity contribution in [1.29, 1.82) is 5.26 Å². The van der Waals surface area contributed by atoms with E-state index in [1.165, 1.54) is 0 Å². The van der Waals surface area contributed by atoms with Gasteiger partial charge >= 0.3 is 5.97 Å². The van der Waals surface area contributed by atoms with E-state index in [0.29, 0.717) is 35.8 Å². The van der Waals surface area contributed by atoms with Gasteiger partial charge in [-0.15, -0.1) is 0 Å². The van der Waals surface area contributed by atoms with Crippen LogP contribution in [0.3, 0.4) is 0 Å². The second kappa shape index (κ2) is 12.1. The molecule has 1 N–H and O–H groups in total. The number of carbonyl (C=O) groups is 1. The van der Waals surface area contributed by atoms with Crippen LogP contribution in [0.4, 0.5) is 0 Å². The van der Waals surface area contributed by atoms with Crippen LogP contribution in [0.5, 0.6) is 11.5 Å². The summed E-state index contributed by atoms with van der Waals surface area (Å²) in [6, 6.07) is 5.76. The van der Waals surface area contributed by atoms with Crippen molar-refractivity contribution >= 4 is 14.3 Å². The van der Waals surface area contributed by atoms with Gasteiger partial charge in [0.2, 0.25) is 0 Å². The molecule has 2 atom stereocenters. The number of carboxylic acid groups (broad SMARTS) is 1. The lowest BCUT2D eigenvalue weighted by atomic mass is 9.99. The molecule has 2 rings (SSSR count). The SMILES string of the molecule is CCOc1cc(C(O[Si](C)(C)C(C)(C)C)C(CC(=O)O)OC2CCCC2)cc(OCC)c1C#N. The van der Waals surface area contributed by atoms with Crippen LogP contribution < -0.4 is 9.47 Å². The van der Waals surface area contributed by atoms with Gasteiger partial charge in [-0.3, -0.25) is 4.79 Å². The summed E-state index contributed by atoms with van der Waals surface area (Å²) in [7, 11) is -2.33. The molecule has 0 aromatic heterocycles. The molecular formula is C26H41NO6Si. The van der Waals surface area contributed by atoms with Crippen LogP contribution in [0.1, 0.15) is 84.0 Å². The van der Waals surface area contributed by atoms with E-state index in [2.05, 4.69) is 39.9 Å². The van der Waals surface area contributed by atoms with E-state index < -0.39 is 26.5 Å². The Morgan fingerprint density at radius 2 is 1.68 bits per heavy atom. The van der Waals surface area contributed by atoms with E-state index in [9.17, 15) is 15.2 Å². The molecule has 1 aliphatic rings. The van der Waals surface area contributed by atoms with Crippen LogP contribution in [0, 0.1) is 11.3 Å². The molecule has 0 bridgehead atoms. The smallest absolute Gasteiger partial charge is 0.306 e. The van der Waals surface area contributed by atoms with Crippen molar-refractivity contribution in [3.8, 4) is 17.6 Å². The lowest BCUT2D eigenvalue weighted by molar-refractivity contribution is -0.145. The highest BCUT2D eigenvalue weighted by Crippen LogP contribution is 2.44. The molecule has 0 heterocycles. The molecule has 1 aliphatic carbocycles. The van der Waals surface area contributed by atoms with Crippen molar-refractivity contribution in [2.75, 3.05) is 13.2 Å². The monoisotopic (exact) mass is 491 g/mol. The summed E-state index contributed by atoms with van der Waals surface area (Å²) < 4.78 is 24.9. The highest BCUT2D eigenvalue weighted by atomic mass is 28.4. The number of rotatable bonds is 12. The third kappa shape index (κ3) is 7.21. The van der Waals surface area contributed by atoms with Gasteiger partial charge in [0.25, 0.3) is 0 Å². The molecule has 0 spiro atoms. The normalized spacial score (nSPS) is 16.6. The lowest BCUT2D eigenvalue weighted by Gasteiger charge is -2.42. The average molecular weight is 492 g/mol. The highest BCUT2D eigenvalue weighted by molar-refractivity contribution is 6.74. The maximum absolute atomic E-state index is 11.9. The third-order valence-corrected chi connectivity index (χ3v) is 11.2. The Hall–Kier alpha value is -2.08. The first-order valence-electron chi connectivity index (χ1n) is 12.3. The van der Waals surface area contributed by atoms with E-state index in [-0.39, 0.29) is 17.6 Å². The molecule has 1 saturated carbocycles. The molecule has 190 valence electrons. The minimum absolute atomic E-state index is 0.0194. The average Bonchev–Trinajstić information content (AvgIpc) is 3.24. The predicted molar refractivity (Wildman–Crippen MR) is 134 cm³/mol. The number of hydrogen-bond donors (Lipinski definition) is 1. The van der Waals surface area contributed by atoms with E-state index in [1.54, 1.807) is 12.1 Å². The standard InChI is InChI=1S/C26H41NO6Si/c1-8-30-21-14-18(15-22(31-9-2)20(21)17-27)25(33-34(6,7)26(3,4)5)23(16-24(28)29)32-19-12-10-11-13-19/h14-15,19,23,25H,8-13,16H2,1-7H3,(H,28,29). The minimum atomic E-state index is -2.33. The predicted octanol–water partition coefficient (Wildman–Crippen LogP) is 6.22. The van der Waals surface area contributed by atoms with Gasteiger partial charge in [-0.1, -0.05) is 33.6 Å². The molecule has 8 heteroatoms. The summed E-state index contributed by atoms with van der Waals surface area (Å²) in [5.74, 6) is -0.120. The number of nitriles is 1. The van der Waals surface area contributed by atoms with Crippen molar-refractivity contribution in [1.82, 2.24) is 0 Å². The number of nitrogens with zero attached hydrogens (tertiary/aromatic N) is 1. The number of hydrogen-bond acceptors (Lipinski definition) is 6. The first kappa shape index (κ1) is 28.2. The first-order valence-corrected chi connectivity index (χ1v) is 15.2. The molecule has 2 unspecified atom stereocenters. The Balaban J connectivity index is 2.65. The fourth-order valence-electron chi connectivity index (χ4n) is 3.95. The zero-order valence-electron chi connectivity index (χ0n) is 21.8. The van der Waals surface area contributed by atoms with E-state index >= 15 is 0 Å². The summed E-state index contributed by atoms with van der Waals surface area (Å²) in [4.78, 5) is 11.9. The topological polar surface area (TPSA) is 98.0 Å². The molecule has 0 radical (unpaired) electrons. The van der Waals surface area contributed by atoms with Crippen LogP contribution in [0.2, 0.25) is 18.1 Å². The van der Waals surface area contributed by atoms with Crippen LogP contribution in [-0.2, 0) is 14.0 Å². The fourth-order valence-corrected chi connectivity index (χ4v) is 5.22. The summed E-state index contributed by atoms with van der Waals surface area (Å²) in [5.41, 5.74) is 1.03. The van der Waals surface area contributed by atoms with Crippen molar-refractivity contribution in [2.24, 2.45) is 0 Å². The summed E-state index contributed by atoms with van der Waals surface area (Å²) in [6.07, 6.45) is 2.54. The third-order valence-electron chi connectivity index (χ3n) is 6.74. The van der Waals surface area contributed by atoms with Crippen molar-refractivity contribution in [3.63, 3.8) is 0 Å². The highest BCUT2D eigenvalue weighted by Gasteiger charge is 2.43. The van der Waals surface area contributed by atoms with Gasteiger partial charge < -0.3 is 23.7 Å². The van der Waals surface area contributed by atoms with Gasteiger partial charge in [0, 0.05) is 0 Å². The number of aliphatic carboxylic acids is 1. The van der Waals surface area contributed by atoms with Gasteiger partial charge in [-0.05, 0) is 62.5 Å². The Morgan fingerprint density at radius 1 is 1.15 bits per heavy atom. The maximum atomic E-state index is 11.9. The summed E-state index contributed by atoms with van der Waals surface area (Å²) in [5, 5.41) is 19.4. The second-order valence-electron chi connectivity index (χ2n) is 10.3. The molecular weight excluding hydrogens is 450 g/mol. The summed E-state index contributed by atoms with van der Waals surface area (Å²) in [6.45, 7) is 15.2. The van der Waals surface area contributed by atoms with Crippen LogP contribution >= 0.6 is 0 Å². The second-order valence-corrected chi connectivity index (χ2v) is 15.1. The molecule has 34 heavy (non-hydrogen) atoms. The largest absolute Gasteiger partial charge is 0.492 e. The minimum Gasteiger partial charge on any atom is -0.492 e. The van der Waals surface area contributed by atoms with Gasteiger partial charge in [-0.25, -0.2) is 0 Å². The van der Waals surface area contributed by atoms with Gasteiger partial charge in [0.1, 0.15) is 23.1 Å². The number of ether oxygens (including phenoxy) is 3. The molecule has 0 saturated heterocycles. The Labute approximate surface area is 205 Å². The number of carboxylic acids is 1. The molecule has 7 nitrogen and oxygen atoms in total. The molecule has 0 amide bonds. The molecule has 1 aromatic carbocycles. The zero-order chi connectivity index (χ0) is 25.5. The number of benzene rings is 1. The van der Waals surface area contributed by atoms with Gasteiger partial charge in [-0.2, -0.15) is 5.26 Å². The molecule has 0 aliphatic heterocycles. The van der Waals surface area contributed by atoms with Crippen molar-refractivity contribution < 1.29 is 28.5 Å². The van der Waals surface area contributed by atoms with Gasteiger partial charge in [0.15, 0.2) is 8.32 Å². The van der Waals surface area contributed by atoms with Crippen LogP contribution in [-0.4, -0.2) is 44.8 Å². The van der Waals surface area contributed by atoms with E-state index in [1.807, 2.05) is 13.8 Å².